The van der Waals surface area contributed by atoms with Gasteiger partial charge in [0, 0.05) is 6.42 Å². The number of benzene rings is 1. The van der Waals surface area contributed by atoms with Crippen LogP contribution in [0, 0.1) is 5.92 Å². The molecular weight excluding hydrogens is 502 g/mol. The fourth-order valence-electron chi connectivity index (χ4n) is 3.57. The summed E-state index contributed by atoms with van der Waals surface area (Å²) in [7, 11) is 0. The van der Waals surface area contributed by atoms with Crippen molar-refractivity contribution in [1.82, 2.24) is 16.0 Å². The Morgan fingerprint density at radius 3 is 2.08 bits per heavy atom. The molecule has 1 rings (SSSR count). The minimum atomic E-state index is -1.34. The minimum Gasteiger partial charge on any atom is -0.481 e. The van der Waals surface area contributed by atoms with Crippen LogP contribution in [-0.4, -0.2) is 71.2 Å². The quantitative estimate of drug-likeness (QED) is 0.118. The van der Waals surface area contributed by atoms with Gasteiger partial charge in [0.05, 0.1) is 24.4 Å². The van der Waals surface area contributed by atoms with E-state index in [4.69, 9.17) is 28.2 Å². The number of carboxylic acids is 1. The molecule has 0 aliphatic heterocycles. The number of rotatable bonds is 17. The maximum absolute atomic E-state index is 13.3. The number of aliphatic carboxylic acids is 1. The highest BCUT2D eigenvalue weighted by Crippen LogP contribution is 2.09. The lowest BCUT2D eigenvalue weighted by Crippen LogP contribution is -2.59. The fourth-order valence-corrected chi connectivity index (χ4v) is 3.75. The van der Waals surface area contributed by atoms with Crippen LogP contribution < -0.4 is 27.4 Å². The van der Waals surface area contributed by atoms with Crippen LogP contribution in [0.25, 0.3) is 0 Å². The molecule has 1 aromatic rings. The van der Waals surface area contributed by atoms with Crippen molar-refractivity contribution in [2.75, 3.05) is 12.4 Å². The van der Waals surface area contributed by atoms with Crippen LogP contribution in [0.1, 0.15) is 45.1 Å². The molecule has 0 saturated carbocycles. The van der Waals surface area contributed by atoms with E-state index in [-0.39, 0.29) is 18.1 Å². The van der Waals surface area contributed by atoms with E-state index in [1.54, 1.807) is 38.1 Å². The number of Topliss-reactive ketones (excluding diaryl/α,β-unsaturated/α-hetero) is 1. The molecule has 0 radical (unpaired) electrons. The number of unbranched alkanes of at least 4 members (excludes halogenated alkanes) is 1. The molecule has 0 heterocycles. The normalized spacial score (nSPS) is 14.2. The van der Waals surface area contributed by atoms with Crippen LogP contribution in [0.2, 0.25) is 0 Å². The summed E-state index contributed by atoms with van der Waals surface area (Å²) >= 11 is 5.74. The Bertz CT molecular complexity index is 914. The van der Waals surface area contributed by atoms with E-state index in [2.05, 4.69) is 16.0 Å². The summed E-state index contributed by atoms with van der Waals surface area (Å²) in [4.78, 5) is 62.1. The average molecular weight is 540 g/mol. The summed E-state index contributed by atoms with van der Waals surface area (Å²) in [5, 5.41) is 16.7. The van der Waals surface area contributed by atoms with Gasteiger partial charge in [0.25, 0.3) is 0 Å². The molecule has 0 spiro atoms. The molecule has 1 aromatic carbocycles. The van der Waals surface area contributed by atoms with Gasteiger partial charge in [-0.25, -0.2) is 0 Å². The lowest BCUT2D eigenvalue weighted by Gasteiger charge is -2.27. The Labute approximate surface area is 222 Å². The Hall–Kier alpha value is -3.02. The van der Waals surface area contributed by atoms with Gasteiger partial charge in [-0.15, -0.1) is 11.6 Å². The van der Waals surface area contributed by atoms with Crippen molar-refractivity contribution in [3.05, 3.63) is 35.9 Å². The van der Waals surface area contributed by atoms with Crippen LogP contribution in [-0.2, 0) is 30.4 Å². The molecule has 0 aliphatic rings. The second-order valence-electron chi connectivity index (χ2n) is 9.13. The standard InChI is InChI=1S/C25H38ClN5O6/c1-15(2)22(31-23(35)17(28)13-21(33)34)25(37)30-19(12-16-8-4-3-5-9-16)24(36)29-18(20(32)14-26)10-6-7-11-27/h3-5,8-9,15,17-19,22H,6-7,10-14,27-28H2,1-2H3,(H,29,36)(H,30,37)(H,31,35)(H,33,34)/t17-,18-,19-,22-/m0/s1. The topological polar surface area (TPSA) is 194 Å². The van der Waals surface area contributed by atoms with Gasteiger partial charge in [0.15, 0.2) is 5.78 Å². The van der Waals surface area contributed by atoms with Crippen molar-refractivity contribution >= 4 is 41.1 Å². The van der Waals surface area contributed by atoms with E-state index >= 15 is 0 Å². The third-order valence-electron chi connectivity index (χ3n) is 5.68. The van der Waals surface area contributed by atoms with Crippen molar-refractivity contribution < 1.29 is 29.1 Å². The number of amides is 3. The van der Waals surface area contributed by atoms with E-state index in [0.717, 1.165) is 5.56 Å². The number of nitrogens with two attached hydrogens (primary N) is 2. The molecule has 0 aliphatic carbocycles. The summed E-state index contributed by atoms with van der Waals surface area (Å²) in [6, 6.07) is 4.66. The Morgan fingerprint density at radius 2 is 1.54 bits per heavy atom. The number of carboxylic acid groups (broad SMARTS) is 1. The van der Waals surface area contributed by atoms with E-state index in [1.165, 1.54) is 0 Å². The Kier molecular flexibility index (Phi) is 14.4. The number of hydrogen-bond acceptors (Lipinski definition) is 7. The molecule has 8 N–H and O–H groups in total. The number of hydrogen-bond donors (Lipinski definition) is 6. The van der Waals surface area contributed by atoms with E-state index in [0.29, 0.717) is 25.8 Å². The molecule has 3 amide bonds. The lowest BCUT2D eigenvalue weighted by atomic mass is 9.99. The van der Waals surface area contributed by atoms with Crippen LogP contribution in [0.5, 0.6) is 0 Å². The summed E-state index contributed by atoms with van der Waals surface area (Å²) < 4.78 is 0. The van der Waals surface area contributed by atoms with Crippen LogP contribution in [0.15, 0.2) is 30.3 Å². The molecule has 0 bridgehead atoms. The summed E-state index contributed by atoms with van der Waals surface area (Å²) in [6.07, 6.45) is 1.16. The van der Waals surface area contributed by atoms with E-state index in [9.17, 15) is 24.0 Å². The van der Waals surface area contributed by atoms with Crippen molar-refractivity contribution in [2.45, 2.75) is 70.1 Å². The zero-order valence-corrected chi connectivity index (χ0v) is 22.0. The van der Waals surface area contributed by atoms with Gasteiger partial charge in [-0.05, 0) is 37.3 Å². The Balaban J connectivity index is 3.10. The number of ketones is 1. The lowest BCUT2D eigenvalue weighted by molar-refractivity contribution is -0.140. The van der Waals surface area contributed by atoms with Crippen molar-refractivity contribution in [3.63, 3.8) is 0 Å². The highest BCUT2D eigenvalue weighted by atomic mass is 35.5. The first-order valence-corrected chi connectivity index (χ1v) is 12.7. The third-order valence-corrected chi connectivity index (χ3v) is 5.94. The second-order valence-corrected chi connectivity index (χ2v) is 9.40. The van der Waals surface area contributed by atoms with Gasteiger partial charge in [-0.1, -0.05) is 44.2 Å². The summed E-state index contributed by atoms with van der Waals surface area (Å²) in [5.41, 5.74) is 11.9. The molecule has 37 heavy (non-hydrogen) atoms. The number of halogens is 1. The third kappa shape index (κ3) is 11.7. The fraction of sp³-hybridized carbons (Fsp3) is 0.560. The average Bonchev–Trinajstić information content (AvgIpc) is 2.85. The Morgan fingerprint density at radius 1 is 0.919 bits per heavy atom. The molecule has 12 heteroatoms. The highest BCUT2D eigenvalue weighted by Gasteiger charge is 2.32. The van der Waals surface area contributed by atoms with Gasteiger partial charge < -0.3 is 32.5 Å². The number of carbonyl (C=O) groups excluding carboxylic acids is 4. The van der Waals surface area contributed by atoms with Gasteiger partial charge >= 0.3 is 5.97 Å². The van der Waals surface area contributed by atoms with Gasteiger partial charge in [0.1, 0.15) is 12.1 Å². The molecule has 0 aromatic heterocycles. The minimum absolute atomic E-state index is 0.125. The predicted molar refractivity (Wildman–Crippen MR) is 140 cm³/mol. The predicted octanol–water partition coefficient (Wildman–Crippen LogP) is 0.0784. The molecule has 0 unspecified atom stereocenters. The van der Waals surface area contributed by atoms with Gasteiger partial charge in [0.2, 0.25) is 17.7 Å². The summed E-state index contributed by atoms with van der Waals surface area (Å²) in [5.74, 6) is -4.30. The molecule has 206 valence electrons. The van der Waals surface area contributed by atoms with Crippen LogP contribution >= 0.6 is 11.6 Å². The molecule has 0 saturated heterocycles. The zero-order chi connectivity index (χ0) is 28.0. The van der Waals surface area contributed by atoms with Crippen molar-refractivity contribution in [3.8, 4) is 0 Å². The number of carbonyl (C=O) groups is 5. The van der Waals surface area contributed by atoms with E-state index in [1.807, 2.05) is 6.07 Å². The zero-order valence-electron chi connectivity index (χ0n) is 21.2. The largest absolute Gasteiger partial charge is 0.481 e. The second kappa shape index (κ2) is 16.7. The number of alkyl halides is 1. The monoisotopic (exact) mass is 539 g/mol. The van der Waals surface area contributed by atoms with Crippen molar-refractivity contribution in [2.24, 2.45) is 17.4 Å². The van der Waals surface area contributed by atoms with Gasteiger partial charge in [-0.3, -0.25) is 24.0 Å². The van der Waals surface area contributed by atoms with Crippen LogP contribution in [0.3, 0.4) is 0 Å². The summed E-state index contributed by atoms with van der Waals surface area (Å²) in [6.45, 7) is 3.82. The molecule has 0 fully saturated rings. The molecule has 11 nitrogen and oxygen atoms in total. The maximum Gasteiger partial charge on any atom is 0.305 e. The molecular formula is C25H38ClN5O6. The highest BCUT2D eigenvalue weighted by molar-refractivity contribution is 6.28. The first-order valence-electron chi connectivity index (χ1n) is 12.2. The maximum atomic E-state index is 13.3. The van der Waals surface area contributed by atoms with Crippen molar-refractivity contribution in [1.29, 1.82) is 0 Å². The first-order chi connectivity index (χ1) is 17.5. The van der Waals surface area contributed by atoms with E-state index < -0.39 is 60.2 Å². The van der Waals surface area contributed by atoms with Gasteiger partial charge in [-0.2, -0.15) is 0 Å². The first kappa shape index (κ1) is 32.0. The SMILES string of the molecule is CC(C)[C@H](NC(=O)[C@@H](N)CC(=O)O)C(=O)N[C@@H](Cc1ccccc1)C(=O)N[C@@H](CCCCN)C(=O)CCl. The number of nitrogens with one attached hydrogen (secondary N) is 3. The van der Waals surface area contributed by atoms with Crippen LogP contribution in [0.4, 0.5) is 0 Å². The smallest absolute Gasteiger partial charge is 0.305 e. The molecule has 4 atom stereocenters.